The highest BCUT2D eigenvalue weighted by Crippen LogP contribution is 2.43. The second-order valence-corrected chi connectivity index (χ2v) is 7.43. The predicted octanol–water partition coefficient (Wildman–Crippen LogP) is 5.98. The van der Waals surface area contributed by atoms with Crippen molar-refractivity contribution in [3.05, 3.63) is 77.9 Å². The maximum absolute atomic E-state index is 10.1. The molecule has 3 aromatic carbocycles. The summed E-state index contributed by atoms with van der Waals surface area (Å²) in [6.07, 6.45) is 1.64. The molecule has 2 heterocycles. The monoisotopic (exact) mass is 452 g/mol. The molecular formula is C27H20N2O5. The fourth-order valence-electron chi connectivity index (χ4n) is 3.72. The van der Waals surface area contributed by atoms with Gasteiger partial charge in [0.05, 0.1) is 14.2 Å². The van der Waals surface area contributed by atoms with Gasteiger partial charge in [-0.2, -0.15) is 5.26 Å². The fourth-order valence-corrected chi connectivity index (χ4v) is 3.72. The van der Waals surface area contributed by atoms with E-state index in [2.05, 4.69) is 11.1 Å². The highest BCUT2D eigenvalue weighted by molar-refractivity contribution is 5.90. The van der Waals surface area contributed by atoms with Crippen LogP contribution >= 0.6 is 0 Å². The molecule has 4 aromatic rings. The lowest BCUT2D eigenvalue weighted by atomic mass is 9.98. The molecule has 0 atom stereocenters. The zero-order valence-corrected chi connectivity index (χ0v) is 18.6. The minimum atomic E-state index is 0.198. The van der Waals surface area contributed by atoms with Crippen LogP contribution in [0.5, 0.6) is 23.0 Å². The summed E-state index contributed by atoms with van der Waals surface area (Å²) in [5, 5.41) is 10.1. The number of ether oxygens (including phenoxy) is 4. The molecule has 1 aliphatic rings. The molecule has 0 spiro atoms. The number of benzene rings is 3. The van der Waals surface area contributed by atoms with Crippen LogP contribution in [0.4, 0.5) is 5.88 Å². The van der Waals surface area contributed by atoms with Crippen LogP contribution in [0.15, 0.2) is 76.1 Å². The van der Waals surface area contributed by atoms with Gasteiger partial charge in [-0.05, 0) is 65.7 Å². The molecule has 168 valence electrons. The van der Waals surface area contributed by atoms with Crippen LogP contribution in [0.1, 0.15) is 11.1 Å². The lowest BCUT2D eigenvalue weighted by Crippen LogP contribution is -1.92. The highest BCUT2D eigenvalue weighted by Gasteiger charge is 2.23. The predicted molar refractivity (Wildman–Crippen MR) is 127 cm³/mol. The van der Waals surface area contributed by atoms with E-state index in [1.54, 1.807) is 20.4 Å². The molecule has 0 fully saturated rings. The summed E-state index contributed by atoms with van der Waals surface area (Å²) in [6, 6.07) is 22.7. The van der Waals surface area contributed by atoms with E-state index in [-0.39, 0.29) is 12.7 Å². The zero-order valence-electron chi connectivity index (χ0n) is 18.6. The first-order valence-corrected chi connectivity index (χ1v) is 10.5. The van der Waals surface area contributed by atoms with Gasteiger partial charge in [0, 0.05) is 17.3 Å². The Bertz CT molecular complexity index is 1400. The average molecular weight is 452 g/mol. The number of hydrogen-bond donors (Lipinski definition) is 0. The van der Waals surface area contributed by atoms with Gasteiger partial charge in [-0.25, -0.2) is 4.99 Å². The van der Waals surface area contributed by atoms with Gasteiger partial charge in [0.25, 0.3) is 0 Å². The Kier molecular flexibility index (Phi) is 5.63. The first kappa shape index (κ1) is 21.2. The largest absolute Gasteiger partial charge is 0.497 e. The van der Waals surface area contributed by atoms with E-state index in [0.29, 0.717) is 28.4 Å². The standard InChI is InChI=1S/C27H20N2O5/c1-30-20-8-4-18(5-9-20)25-22(14-28)27(34-26(25)19-6-10-21(31-2)11-7-19)29-15-17-3-12-23-24(13-17)33-16-32-23/h3-13,15H,16H2,1-2H3. The molecule has 0 saturated carbocycles. The molecule has 0 bridgehead atoms. The summed E-state index contributed by atoms with van der Waals surface area (Å²) in [5.41, 5.74) is 3.41. The average Bonchev–Trinajstić information content (AvgIpc) is 3.51. The fraction of sp³-hybridized carbons (Fsp3) is 0.111. The van der Waals surface area contributed by atoms with Crippen LogP contribution in [-0.4, -0.2) is 27.2 Å². The van der Waals surface area contributed by atoms with Gasteiger partial charge in [-0.3, -0.25) is 0 Å². The smallest absolute Gasteiger partial charge is 0.238 e. The van der Waals surface area contributed by atoms with Crippen LogP contribution < -0.4 is 18.9 Å². The highest BCUT2D eigenvalue weighted by atomic mass is 16.7. The third-order valence-electron chi connectivity index (χ3n) is 5.46. The molecule has 0 amide bonds. The number of nitrogens with zero attached hydrogens (tertiary/aromatic N) is 2. The molecule has 1 aromatic heterocycles. The summed E-state index contributed by atoms with van der Waals surface area (Å²) in [5.74, 6) is 3.55. The number of nitriles is 1. The SMILES string of the molecule is COc1ccc(-c2oc(N=Cc3ccc4c(c3)OCO4)c(C#N)c2-c2ccc(OC)cc2)cc1. The normalized spacial score (nSPS) is 12.0. The van der Waals surface area contributed by atoms with Crippen molar-refractivity contribution in [3.63, 3.8) is 0 Å². The van der Waals surface area contributed by atoms with Crippen molar-refractivity contribution in [3.8, 4) is 51.5 Å². The summed E-state index contributed by atoms with van der Waals surface area (Å²) in [7, 11) is 3.22. The van der Waals surface area contributed by atoms with Crippen LogP contribution in [0.3, 0.4) is 0 Å². The molecule has 7 heteroatoms. The second-order valence-electron chi connectivity index (χ2n) is 7.43. The Morgan fingerprint density at radius 1 is 0.853 bits per heavy atom. The topological polar surface area (TPSA) is 86.2 Å². The lowest BCUT2D eigenvalue weighted by Gasteiger charge is -2.06. The van der Waals surface area contributed by atoms with Gasteiger partial charge in [-0.1, -0.05) is 12.1 Å². The summed E-state index contributed by atoms with van der Waals surface area (Å²) in [4.78, 5) is 4.51. The number of furan rings is 1. The van der Waals surface area contributed by atoms with E-state index in [4.69, 9.17) is 23.4 Å². The second kappa shape index (κ2) is 9.04. The molecule has 34 heavy (non-hydrogen) atoms. The van der Waals surface area contributed by atoms with Gasteiger partial charge in [0.2, 0.25) is 12.7 Å². The lowest BCUT2D eigenvalue weighted by molar-refractivity contribution is 0.174. The molecule has 0 aliphatic carbocycles. The minimum absolute atomic E-state index is 0.198. The van der Waals surface area contributed by atoms with Crippen molar-refractivity contribution in [1.82, 2.24) is 0 Å². The molecular weight excluding hydrogens is 432 g/mol. The van der Waals surface area contributed by atoms with Gasteiger partial charge in [-0.15, -0.1) is 0 Å². The first-order chi connectivity index (χ1) is 16.7. The van der Waals surface area contributed by atoms with Gasteiger partial charge < -0.3 is 23.4 Å². The van der Waals surface area contributed by atoms with Crippen LogP contribution in [0.25, 0.3) is 22.5 Å². The van der Waals surface area contributed by atoms with Crippen molar-refractivity contribution in [2.75, 3.05) is 21.0 Å². The molecule has 0 unspecified atom stereocenters. The summed E-state index contributed by atoms with van der Waals surface area (Å²) >= 11 is 0. The summed E-state index contributed by atoms with van der Waals surface area (Å²) in [6.45, 7) is 0.198. The molecule has 0 N–H and O–H groups in total. The van der Waals surface area contributed by atoms with Crippen molar-refractivity contribution >= 4 is 12.1 Å². The maximum Gasteiger partial charge on any atom is 0.238 e. The van der Waals surface area contributed by atoms with Gasteiger partial charge in [0.1, 0.15) is 28.9 Å². The molecule has 0 saturated heterocycles. The zero-order chi connectivity index (χ0) is 23.5. The van der Waals surface area contributed by atoms with E-state index in [1.807, 2.05) is 66.7 Å². The van der Waals surface area contributed by atoms with Crippen molar-refractivity contribution in [2.45, 2.75) is 0 Å². The van der Waals surface area contributed by atoms with Crippen molar-refractivity contribution in [1.29, 1.82) is 5.26 Å². The van der Waals surface area contributed by atoms with E-state index in [0.717, 1.165) is 28.2 Å². The molecule has 1 aliphatic heterocycles. The van der Waals surface area contributed by atoms with Gasteiger partial charge >= 0.3 is 0 Å². The third-order valence-corrected chi connectivity index (χ3v) is 5.46. The third kappa shape index (κ3) is 3.93. The Hall–Kier alpha value is -4.70. The minimum Gasteiger partial charge on any atom is -0.497 e. The summed E-state index contributed by atoms with van der Waals surface area (Å²) < 4.78 is 27.5. The van der Waals surface area contributed by atoms with E-state index in [9.17, 15) is 5.26 Å². The number of aliphatic imine (C=N–C) groups is 1. The van der Waals surface area contributed by atoms with Crippen LogP contribution in [-0.2, 0) is 0 Å². The molecule has 0 radical (unpaired) electrons. The molecule has 7 nitrogen and oxygen atoms in total. The van der Waals surface area contributed by atoms with Crippen LogP contribution in [0.2, 0.25) is 0 Å². The Morgan fingerprint density at radius 3 is 2.15 bits per heavy atom. The Morgan fingerprint density at radius 2 is 1.50 bits per heavy atom. The van der Waals surface area contributed by atoms with E-state index >= 15 is 0 Å². The van der Waals surface area contributed by atoms with Crippen molar-refractivity contribution in [2.24, 2.45) is 4.99 Å². The molecule has 5 rings (SSSR count). The van der Waals surface area contributed by atoms with Gasteiger partial charge in [0.15, 0.2) is 11.5 Å². The Labute approximate surface area is 196 Å². The van der Waals surface area contributed by atoms with E-state index in [1.165, 1.54) is 0 Å². The Balaban J connectivity index is 1.61. The van der Waals surface area contributed by atoms with E-state index < -0.39 is 0 Å². The number of rotatable bonds is 6. The number of fused-ring (bicyclic) bond motifs is 1. The maximum atomic E-state index is 10.1. The van der Waals surface area contributed by atoms with Crippen LogP contribution in [0, 0.1) is 11.3 Å². The number of methoxy groups -OCH3 is 2. The quantitative estimate of drug-likeness (QED) is 0.335. The first-order valence-electron chi connectivity index (χ1n) is 10.5. The van der Waals surface area contributed by atoms with Crippen molar-refractivity contribution < 1.29 is 23.4 Å². The number of hydrogen-bond acceptors (Lipinski definition) is 7.